The van der Waals surface area contributed by atoms with Crippen molar-refractivity contribution in [3.63, 3.8) is 0 Å². The first-order chi connectivity index (χ1) is 16.1. The molecule has 1 aromatic carbocycles. The average molecular weight is 476 g/mol. The molecule has 0 saturated heterocycles. The van der Waals surface area contributed by atoms with Crippen LogP contribution in [0.4, 0.5) is 17.2 Å². The van der Waals surface area contributed by atoms with Gasteiger partial charge in [-0.2, -0.15) is 0 Å². The van der Waals surface area contributed by atoms with Gasteiger partial charge in [-0.15, -0.1) is 0 Å². The first-order valence-corrected chi connectivity index (χ1v) is 14.8. The molecule has 3 heterocycles. The SMILES string of the molecule is CC1(C)CN(CC[Si](C)(C)O)c2cc(NC(=O)c3cccnc3NCc3ccncc3)ccc21. The topological polar surface area (TPSA) is 90.4 Å². The second kappa shape index (κ2) is 9.56. The van der Waals surface area contributed by atoms with Crippen LogP contribution in [0, 0.1) is 0 Å². The van der Waals surface area contributed by atoms with Crippen molar-refractivity contribution in [3.8, 4) is 0 Å². The third-order valence-corrected chi connectivity index (χ3v) is 7.61. The van der Waals surface area contributed by atoms with Gasteiger partial charge >= 0.3 is 0 Å². The number of rotatable bonds is 8. The average Bonchev–Trinajstić information content (AvgIpc) is 3.06. The van der Waals surface area contributed by atoms with Crippen LogP contribution in [0.3, 0.4) is 0 Å². The van der Waals surface area contributed by atoms with Gasteiger partial charge in [0.2, 0.25) is 0 Å². The van der Waals surface area contributed by atoms with Crippen LogP contribution < -0.4 is 15.5 Å². The number of carbonyl (C=O) groups excluding carboxylic acids is 1. The Morgan fingerprint density at radius 1 is 1.15 bits per heavy atom. The van der Waals surface area contributed by atoms with Crippen molar-refractivity contribution in [1.82, 2.24) is 9.97 Å². The van der Waals surface area contributed by atoms with Gasteiger partial charge in [-0.05, 0) is 66.7 Å². The first-order valence-electron chi connectivity index (χ1n) is 11.6. The Kier molecular flexibility index (Phi) is 6.72. The molecule has 2 aromatic heterocycles. The number of anilines is 3. The standard InChI is InChI=1S/C26H33N5O2Si/c1-26(2)18-31(14-15-34(3,4)33)23-16-20(7-8-22(23)26)30-25(32)21-6-5-11-28-24(21)29-17-19-9-12-27-13-10-19/h5-13,16,33H,14-15,17-18H2,1-4H3,(H,28,29)(H,30,32). The van der Waals surface area contributed by atoms with Gasteiger partial charge in [0.05, 0.1) is 5.56 Å². The van der Waals surface area contributed by atoms with Crippen LogP contribution in [0.25, 0.3) is 0 Å². The summed E-state index contributed by atoms with van der Waals surface area (Å²) in [5.74, 6) is 0.328. The van der Waals surface area contributed by atoms with Crippen LogP contribution in [-0.2, 0) is 12.0 Å². The molecule has 0 radical (unpaired) electrons. The lowest BCUT2D eigenvalue weighted by atomic mass is 9.87. The maximum Gasteiger partial charge on any atom is 0.259 e. The van der Waals surface area contributed by atoms with E-state index in [2.05, 4.69) is 45.4 Å². The second-order valence-corrected chi connectivity index (χ2v) is 14.3. The number of benzene rings is 1. The zero-order valence-corrected chi connectivity index (χ0v) is 21.3. The molecule has 0 unspecified atom stereocenters. The van der Waals surface area contributed by atoms with E-state index in [1.807, 2.05) is 37.4 Å². The fourth-order valence-corrected chi connectivity index (χ4v) is 5.13. The zero-order valence-electron chi connectivity index (χ0n) is 20.3. The molecule has 0 saturated carbocycles. The molecule has 3 N–H and O–H groups in total. The van der Waals surface area contributed by atoms with E-state index in [1.165, 1.54) is 5.56 Å². The van der Waals surface area contributed by atoms with Gasteiger partial charge in [0.25, 0.3) is 5.91 Å². The molecular formula is C26H33N5O2Si. The Balaban J connectivity index is 1.51. The summed E-state index contributed by atoms with van der Waals surface area (Å²) in [4.78, 5) is 34.3. The highest BCUT2D eigenvalue weighted by Crippen LogP contribution is 2.42. The second-order valence-electron chi connectivity index (χ2n) is 10.2. The minimum Gasteiger partial charge on any atom is -0.432 e. The number of nitrogens with zero attached hydrogens (tertiary/aromatic N) is 3. The molecule has 1 aliphatic rings. The molecule has 0 bridgehead atoms. The van der Waals surface area contributed by atoms with E-state index in [4.69, 9.17) is 0 Å². The Morgan fingerprint density at radius 2 is 1.91 bits per heavy atom. The highest BCUT2D eigenvalue weighted by atomic mass is 28.4. The molecule has 178 valence electrons. The molecule has 4 rings (SSSR count). The molecule has 8 heteroatoms. The van der Waals surface area contributed by atoms with Crippen LogP contribution in [0.5, 0.6) is 0 Å². The van der Waals surface area contributed by atoms with Crippen molar-refractivity contribution < 1.29 is 9.59 Å². The third kappa shape index (κ3) is 5.63. The van der Waals surface area contributed by atoms with Crippen LogP contribution in [-0.4, -0.2) is 42.1 Å². The van der Waals surface area contributed by atoms with E-state index < -0.39 is 8.32 Å². The maximum absolute atomic E-state index is 13.2. The Morgan fingerprint density at radius 3 is 2.65 bits per heavy atom. The predicted molar refractivity (Wildman–Crippen MR) is 140 cm³/mol. The number of pyridine rings is 2. The zero-order chi connectivity index (χ0) is 24.3. The molecule has 0 aliphatic carbocycles. The van der Waals surface area contributed by atoms with Crippen LogP contribution >= 0.6 is 0 Å². The quantitative estimate of drug-likeness (QED) is 0.411. The lowest BCUT2D eigenvalue weighted by Gasteiger charge is -2.25. The smallest absolute Gasteiger partial charge is 0.259 e. The van der Waals surface area contributed by atoms with Crippen molar-refractivity contribution >= 4 is 31.4 Å². The van der Waals surface area contributed by atoms with E-state index in [0.29, 0.717) is 17.9 Å². The number of aromatic nitrogens is 2. The van der Waals surface area contributed by atoms with Crippen molar-refractivity contribution in [3.05, 3.63) is 77.7 Å². The summed E-state index contributed by atoms with van der Waals surface area (Å²) in [6.45, 7) is 10.7. The predicted octanol–water partition coefficient (Wildman–Crippen LogP) is 4.64. The van der Waals surface area contributed by atoms with Crippen molar-refractivity contribution in [2.75, 3.05) is 28.6 Å². The van der Waals surface area contributed by atoms with Crippen LogP contribution in [0.1, 0.15) is 35.3 Å². The summed E-state index contributed by atoms with van der Waals surface area (Å²) in [5.41, 5.74) is 4.71. The summed E-state index contributed by atoms with van der Waals surface area (Å²) in [6, 6.07) is 14.3. The van der Waals surface area contributed by atoms with Gasteiger partial charge < -0.3 is 20.3 Å². The summed E-state index contributed by atoms with van der Waals surface area (Å²) < 4.78 is 0. The summed E-state index contributed by atoms with van der Waals surface area (Å²) in [5, 5.41) is 6.31. The van der Waals surface area contributed by atoms with E-state index in [1.54, 1.807) is 30.7 Å². The monoisotopic (exact) mass is 475 g/mol. The van der Waals surface area contributed by atoms with E-state index in [0.717, 1.165) is 36.1 Å². The molecular weight excluding hydrogens is 442 g/mol. The van der Waals surface area contributed by atoms with Gasteiger partial charge in [0.1, 0.15) is 5.82 Å². The summed E-state index contributed by atoms with van der Waals surface area (Å²) >= 11 is 0. The van der Waals surface area contributed by atoms with E-state index in [-0.39, 0.29) is 11.3 Å². The molecule has 0 spiro atoms. The fraction of sp³-hybridized carbons (Fsp3) is 0.346. The molecule has 0 fully saturated rings. The Bertz CT molecular complexity index is 1160. The molecule has 1 amide bonds. The van der Waals surface area contributed by atoms with Crippen molar-refractivity contribution in [2.45, 2.75) is 44.9 Å². The maximum atomic E-state index is 13.2. The normalized spacial score (nSPS) is 14.6. The van der Waals surface area contributed by atoms with Crippen LogP contribution in [0.15, 0.2) is 61.1 Å². The van der Waals surface area contributed by atoms with Gasteiger partial charge in [0.15, 0.2) is 8.32 Å². The number of nitrogens with one attached hydrogen (secondary N) is 2. The first kappa shape index (κ1) is 23.9. The highest BCUT2D eigenvalue weighted by Gasteiger charge is 2.35. The number of fused-ring (bicyclic) bond motifs is 1. The number of hydrogen-bond donors (Lipinski definition) is 3. The minimum atomic E-state index is -2.14. The van der Waals surface area contributed by atoms with Crippen LogP contribution in [0.2, 0.25) is 19.1 Å². The van der Waals surface area contributed by atoms with Gasteiger partial charge in [0, 0.05) is 55.0 Å². The van der Waals surface area contributed by atoms with E-state index in [9.17, 15) is 9.59 Å². The Labute approximate surface area is 202 Å². The molecule has 1 aliphatic heterocycles. The molecule has 7 nitrogen and oxygen atoms in total. The molecule has 34 heavy (non-hydrogen) atoms. The van der Waals surface area contributed by atoms with Crippen molar-refractivity contribution in [1.29, 1.82) is 0 Å². The van der Waals surface area contributed by atoms with Crippen molar-refractivity contribution in [2.24, 2.45) is 0 Å². The Hall–Kier alpha value is -3.23. The fourth-order valence-electron chi connectivity index (χ4n) is 4.31. The molecule has 3 aromatic rings. The third-order valence-electron chi connectivity index (χ3n) is 6.17. The van der Waals surface area contributed by atoms with E-state index >= 15 is 0 Å². The van der Waals surface area contributed by atoms with Gasteiger partial charge in [-0.25, -0.2) is 4.98 Å². The largest absolute Gasteiger partial charge is 0.432 e. The number of amides is 1. The summed E-state index contributed by atoms with van der Waals surface area (Å²) in [7, 11) is -2.14. The van der Waals surface area contributed by atoms with Gasteiger partial charge in [-0.3, -0.25) is 9.78 Å². The summed E-state index contributed by atoms with van der Waals surface area (Å²) in [6.07, 6.45) is 5.16. The minimum absolute atomic E-state index is 0.0203. The number of hydrogen-bond acceptors (Lipinski definition) is 6. The van der Waals surface area contributed by atoms with Gasteiger partial charge in [-0.1, -0.05) is 19.9 Å². The number of carbonyl (C=O) groups is 1. The molecule has 0 atom stereocenters. The lowest BCUT2D eigenvalue weighted by Crippen LogP contribution is -2.35. The highest BCUT2D eigenvalue weighted by molar-refractivity contribution is 6.69. The lowest BCUT2D eigenvalue weighted by molar-refractivity contribution is 0.102.